The van der Waals surface area contributed by atoms with Crippen LogP contribution in [0.1, 0.15) is 32.6 Å². The summed E-state index contributed by atoms with van der Waals surface area (Å²) in [6, 6.07) is 5.26. The Labute approximate surface area is 131 Å². The van der Waals surface area contributed by atoms with Crippen LogP contribution in [0.2, 0.25) is 0 Å². The smallest absolute Gasteiger partial charge is 0.232 e. The number of hydrogen-bond acceptors (Lipinski definition) is 3. The number of benzene rings is 1. The molecule has 1 aromatic rings. The van der Waals surface area contributed by atoms with Gasteiger partial charge in [-0.1, -0.05) is 13.3 Å². The van der Waals surface area contributed by atoms with Gasteiger partial charge in [0.15, 0.2) is 0 Å². The van der Waals surface area contributed by atoms with Gasteiger partial charge in [0.1, 0.15) is 5.82 Å². The SMILES string of the molecule is CCCCNC(=O)CCCN(c1ccc(F)cc1)S(C)(=O)=O. The zero-order valence-electron chi connectivity index (χ0n) is 13.0. The quantitative estimate of drug-likeness (QED) is 0.707. The number of halogens is 1. The van der Waals surface area contributed by atoms with E-state index < -0.39 is 15.8 Å². The lowest BCUT2D eigenvalue weighted by Gasteiger charge is -2.22. The first-order valence-electron chi connectivity index (χ1n) is 7.34. The molecule has 7 heteroatoms. The Morgan fingerprint density at radius 1 is 1.23 bits per heavy atom. The summed E-state index contributed by atoms with van der Waals surface area (Å²) in [7, 11) is -3.47. The summed E-state index contributed by atoms with van der Waals surface area (Å²) in [6.45, 7) is 2.87. The number of sulfonamides is 1. The molecule has 0 saturated heterocycles. The van der Waals surface area contributed by atoms with Crippen molar-refractivity contribution in [1.82, 2.24) is 5.32 Å². The summed E-state index contributed by atoms with van der Waals surface area (Å²) in [5.41, 5.74) is 0.398. The average Bonchev–Trinajstić information content (AvgIpc) is 2.44. The second kappa shape index (κ2) is 8.73. The molecule has 0 aliphatic heterocycles. The van der Waals surface area contributed by atoms with E-state index in [4.69, 9.17) is 0 Å². The van der Waals surface area contributed by atoms with Gasteiger partial charge in [0, 0.05) is 19.5 Å². The van der Waals surface area contributed by atoms with Crippen molar-refractivity contribution >= 4 is 21.6 Å². The first-order chi connectivity index (χ1) is 10.3. The van der Waals surface area contributed by atoms with Crippen LogP contribution in [0, 0.1) is 5.82 Å². The van der Waals surface area contributed by atoms with E-state index in [0.29, 0.717) is 18.7 Å². The number of hydrogen-bond donors (Lipinski definition) is 1. The molecule has 1 amide bonds. The topological polar surface area (TPSA) is 66.5 Å². The fourth-order valence-corrected chi connectivity index (χ4v) is 2.94. The van der Waals surface area contributed by atoms with Gasteiger partial charge in [-0.25, -0.2) is 12.8 Å². The number of carbonyl (C=O) groups is 1. The van der Waals surface area contributed by atoms with E-state index in [1.54, 1.807) is 0 Å². The van der Waals surface area contributed by atoms with Crippen molar-refractivity contribution in [1.29, 1.82) is 0 Å². The third-order valence-corrected chi connectivity index (χ3v) is 4.33. The summed E-state index contributed by atoms with van der Waals surface area (Å²) in [6.07, 6.45) is 3.69. The van der Waals surface area contributed by atoms with Gasteiger partial charge in [0.25, 0.3) is 0 Å². The second-order valence-electron chi connectivity index (χ2n) is 5.12. The third kappa shape index (κ3) is 6.43. The fourth-order valence-electron chi connectivity index (χ4n) is 1.97. The van der Waals surface area contributed by atoms with Gasteiger partial charge in [0.2, 0.25) is 15.9 Å². The largest absolute Gasteiger partial charge is 0.356 e. The van der Waals surface area contributed by atoms with Gasteiger partial charge in [-0.15, -0.1) is 0 Å². The molecule has 0 unspecified atom stereocenters. The van der Waals surface area contributed by atoms with E-state index >= 15 is 0 Å². The Morgan fingerprint density at radius 2 is 1.86 bits per heavy atom. The lowest BCUT2D eigenvalue weighted by atomic mass is 10.2. The van der Waals surface area contributed by atoms with Crippen molar-refractivity contribution in [2.75, 3.05) is 23.7 Å². The van der Waals surface area contributed by atoms with Crippen LogP contribution in [-0.4, -0.2) is 33.7 Å². The molecule has 0 saturated carbocycles. The van der Waals surface area contributed by atoms with Crippen LogP contribution in [-0.2, 0) is 14.8 Å². The van der Waals surface area contributed by atoms with E-state index in [1.165, 1.54) is 28.6 Å². The number of unbranched alkanes of at least 4 members (excludes halogenated alkanes) is 1. The second-order valence-corrected chi connectivity index (χ2v) is 7.03. The molecule has 22 heavy (non-hydrogen) atoms. The van der Waals surface area contributed by atoms with E-state index in [0.717, 1.165) is 19.1 Å². The number of anilines is 1. The Balaban J connectivity index is 2.57. The van der Waals surface area contributed by atoms with Crippen LogP contribution in [0.3, 0.4) is 0 Å². The highest BCUT2D eigenvalue weighted by Crippen LogP contribution is 2.18. The summed E-state index contributed by atoms with van der Waals surface area (Å²) in [5.74, 6) is -0.506. The summed E-state index contributed by atoms with van der Waals surface area (Å²) in [4.78, 5) is 11.6. The van der Waals surface area contributed by atoms with E-state index in [2.05, 4.69) is 5.32 Å². The fraction of sp³-hybridized carbons (Fsp3) is 0.533. The molecular formula is C15H23FN2O3S. The lowest BCUT2D eigenvalue weighted by molar-refractivity contribution is -0.121. The number of amides is 1. The molecule has 0 aromatic heterocycles. The number of carbonyl (C=O) groups excluding carboxylic acids is 1. The first-order valence-corrected chi connectivity index (χ1v) is 9.19. The minimum Gasteiger partial charge on any atom is -0.356 e. The van der Waals surface area contributed by atoms with E-state index in [9.17, 15) is 17.6 Å². The van der Waals surface area contributed by atoms with Gasteiger partial charge >= 0.3 is 0 Å². The number of nitrogens with one attached hydrogen (secondary N) is 1. The number of rotatable bonds is 9. The maximum Gasteiger partial charge on any atom is 0.232 e. The molecule has 1 N–H and O–H groups in total. The van der Waals surface area contributed by atoms with Crippen molar-refractivity contribution in [3.63, 3.8) is 0 Å². The van der Waals surface area contributed by atoms with E-state index in [1.807, 2.05) is 6.92 Å². The van der Waals surface area contributed by atoms with Gasteiger partial charge < -0.3 is 5.32 Å². The van der Waals surface area contributed by atoms with Crippen molar-refractivity contribution in [3.05, 3.63) is 30.1 Å². The predicted molar refractivity (Wildman–Crippen MR) is 85.7 cm³/mol. The average molecular weight is 330 g/mol. The molecule has 0 bridgehead atoms. The molecule has 1 rings (SSSR count). The van der Waals surface area contributed by atoms with Gasteiger partial charge in [-0.3, -0.25) is 9.10 Å². The lowest BCUT2D eigenvalue weighted by Crippen LogP contribution is -2.32. The summed E-state index contributed by atoms with van der Waals surface area (Å²) < 4.78 is 37.8. The minimum atomic E-state index is -3.47. The standard InChI is InChI=1S/C15H23FN2O3S/c1-3-4-11-17-15(19)6-5-12-18(22(2,20)21)14-9-7-13(16)8-10-14/h7-10H,3-6,11-12H2,1-2H3,(H,17,19). The zero-order chi connectivity index (χ0) is 16.6. The van der Waals surface area contributed by atoms with Crippen LogP contribution in [0.4, 0.5) is 10.1 Å². The molecule has 0 spiro atoms. The molecule has 0 fully saturated rings. The van der Waals surface area contributed by atoms with Crippen molar-refractivity contribution in [2.24, 2.45) is 0 Å². The van der Waals surface area contributed by atoms with Gasteiger partial charge in [0.05, 0.1) is 11.9 Å². The van der Waals surface area contributed by atoms with Crippen molar-refractivity contribution < 1.29 is 17.6 Å². The first kappa shape index (κ1) is 18.4. The Bertz CT molecular complexity index is 573. The minimum absolute atomic E-state index is 0.0824. The van der Waals surface area contributed by atoms with Crippen molar-refractivity contribution in [3.8, 4) is 0 Å². The molecular weight excluding hydrogens is 307 g/mol. The Hall–Kier alpha value is -1.63. The molecule has 124 valence electrons. The highest BCUT2D eigenvalue weighted by Gasteiger charge is 2.17. The molecule has 1 aromatic carbocycles. The summed E-state index contributed by atoms with van der Waals surface area (Å²) in [5, 5.41) is 2.79. The molecule has 0 radical (unpaired) electrons. The maximum atomic E-state index is 12.9. The predicted octanol–water partition coefficient (Wildman–Crippen LogP) is 2.29. The molecule has 0 heterocycles. The Morgan fingerprint density at radius 3 is 2.41 bits per heavy atom. The van der Waals surface area contributed by atoms with Gasteiger partial charge in [-0.2, -0.15) is 0 Å². The Kier molecular flexibility index (Phi) is 7.31. The van der Waals surface area contributed by atoms with Crippen LogP contribution in [0.25, 0.3) is 0 Å². The normalized spacial score (nSPS) is 11.2. The van der Waals surface area contributed by atoms with Crippen LogP contribution in [0.5, 0.6) is 0 Å². The van der Waals surface area contributed by atoms with Crippen LogP contribution in [0.15, 0.2) is 24.3 Å². The maximum absolute atomic E-state index is 12.9. The van der Waals surface area contributed by atoms with E-state index in [-0.39, 0.29) is 18.9 Å². The monoisotopic (exact) mass is 330 g/mol. The van der Waals surface area contributed by atoms with Crippen molar-refractivity contribution in [2.45, 2.75) is 32.6 Å². The summed E-state index contributed by atoms with van der Waals surface area (Å²) >= 11 is 0. The highest BCUT2D eigenvalue weighted by molar-refractivity contribution is 7.92. The molecule has 0 aliphatic rings. The number of nitrogens with zero attached hydrogens (tertiary/aromatic N) is 1. The van der Waals surface area contributed by atoms with Crippen LogP contribution >= 0.6 is 0 Å². The molecule has 0 aliphatic carbocycles. The third-order valence-electron chi connectivity index (χ3n) is 3.13. The molecule has 5 nitrogen and oxygen atoms in total. The van der Waals surface area contributed by atoms with Gasteiger partial charge in [-0.05, 0) is 37.1 Å². The zero-order valence-corrected chi connectivity index (χ0v) is 13.8. The van der Waals surface area contributed by atoms with Crippen LogP contribution < -0.4 is 9.62 Å². The highest BCUT2D eigenvalue weighted by atomic mass is 32.2. The molecule has 0 atom stereocenters.